The summed E-state index contributed by atoms with van der Waals surface area (Å²) in [6.45, 7) is 8.17. The molecule has 0 bridgehead atoms. The van der Waals surface area contributed by atoms with E-state index in [1.807, 2.05) is 11.8 Å². The van der Waals surface area contributed by atoms with Crippen LogP contribution >= 0.6 is 23.1 Å². The minimum Gasteiger partial charge on any atom is -0.375 e. The van der Waals surface area contributed by atoms with Gasteiger partial charge in [-0.3, -0.25) is 4.79 Å². The Labute approximate surface area is 122 Å². The predicted molar refractivity (Wildman–Crippen MR) is 81.5 cm³/mol. The minimum atomic E-state index is 0.231. The van der Waals surface area contributed by atoms with Gasteiger partial charge < -0.3 is 10.6 Å². The second-order valence-corrected chi connectivity index (χ2v) is 7.73. The van der Waals surface area contributed by atoms with Gasteiger partial charge in [0.25, 0.3) is 0 Å². The predicted octanol–water partition coefficient (Wildman–Crippen LogP) is 2.63. The molecule has 0 spiro atoms. The Kier molecular flexibility index (Phi) is 4.73. The largest absolute Gasteiger partial charge is 0.375 e. The molecule has 1 aliphatic rings. The molecular weight excluding hydrogens is 278 g/mol. The standard InChI is InChI=1S/C13H21N3OS2/c1-8-4-9(2)6-16(5-8)11(17)7-18-12-10(3)15-13(14)19-12/h8-9H,4-7H2,1-3H3,(H2,14,15). The number of likely N-dealkylation sites (tertiary alicyclic amines) is 1. The highest BCUT2D eigenvalue weighted by atomic mass is 32.2. The van der Waals surface area contributed by atoms with Crippen molar-refractivity contribution in [1.29, 1.82) is 0 Å². The molecule has 1 aromatic rings. The van der Waals surface area contributed by atoms with Crippen LogP contribution in [0.3, 0.4) is 0 Å². The fraction of sp³-hybridized carbons (Fsp3) is 0.692. The second-order valence-electron chi connectivity index (χ2n) is 5.46. The number of nitrogens with zero attached hydrogens (tertiary/aromatic N) is 2. The molecule has 6 heteroatoms. The number of amides is 1. The highest BCUT2D eigenvalue weighted by molar-refractivity contribution is 8.01. The number of carbonyl (C=O) groups excluding carboxylic acids is 1. The summed E-state index contributed by atoms with van der Waals surface area (Å²) in [5.74, 6) is 1.94. The molecule has 2 rings (SSSR count). The first-order chi connectivity index (χ1) is 8.95. The third-order valence-corrected chi connectivity index (χ3v) is 5.65. The van der Waals surface area contributed by atoms with Crippen LogP contribution in [0.1, 0.15) is 26.0 Å². The smallest absolute Gasteiger partial charge is 0.232 e. The summed E-state index contributed by atoms with van der Waals surface area (Å²) in [7, 11) is 0. The summed E-state index contributed by atoms with van der Waals surface area (Å²) < 4.78 is 1.06. The number of carbonyl (C=O) groups is 1. The van der Waals surface area contributed by atoms with Gasteiger partial charge in [-0.1, -0.05) is 25.2 Å². The summed E-state index contributed by atoms with van der Waals surface area (Å²) in [6.07, 6.45) is 1.22. The third kappa shape index (κ3) is 3.86. The van der Waals surface area contributed by atoms with Crippen LogP contribution in [0.5, 0.6) is 0 Å². The Balaban J connectivity index is 1.89. The number of anilines is 1. The van der Waals surface area contributed by atoms with Crippen LogP contribution in [0.4, 0.5) is 5.13 Å². The maximum Gasteiger partial charge on any atom is 0.232 e. The molecule has 1 aliphatic heterocycles. The molecule has 106 valence electrons. The number of thiazole rings is 1. The Morgan fingerprint density at radius 1 is 1.47 bits per heavy atom. The van der Waals surface area contributed by atoms with Crippen LogP contribution in [-0.4, -0.2) is 34.6 Å². The Morgan fingerprint density at radius 2 is 2.11 bits per heavy atom. The van der Waals surface area contributed by atoms with Gasteiger partial charge in [-0.2, -0.15) is 0 Å². The van der Waals surface area contributed by atoms with Crippen molar-refractivity contribution >= 4 is 34.1 Å². The molecule has 0 aliphatic carbocycles. The normalized spacial score (nSPS) is 23.6. The van der Waals surface area contributed by atoms with E-state index in [9.17, 15) is 4.79 Å². The van der Waals surface area contributed by atoms with Crippen LogP contribution in [0.25, 0.3) is 0 Å². The molecule has 1 amide bonds. The average Bonchev–Trinajstić information content (AvgIpc) is 2.63. The maximum absolute atomic E-state index is 12.2. The van der Waals surface area contributed by atoms with Gasteiger partial charge in [0.1, 0.15) is 0 Å². The van der Waals surface area contributed by atoms with E-state index in [4.69, 9.17) is 5.73 Å². The zero-order valence-electron chi connectivity index (χ0n) is 11.7. The first-order valence-electron chi connectivity index (χ1n) is 6.59. The zero-order valence-corrected chi connectivity index (χ0v) is 13.3. The number of thioether (sulfide) groups is 1. The van der Waals surface area contributed by atoms with E-state index in [1.165, 1.54) is 17.8 Å². The van der Waals surface area contributed by atoms with Crippen molar-refractivity contribution in [2.75, 3.05) is 24.6 Å². The molecule has 0 radical (unpaired) electrons. The number of nitrogens with two attached hydrogens (primary N) is 1. The number of hydrogen-bond acceptors (Lipinski definition) is 5. The molecule has 2 heterocycles. The van der Waals surface area contributed by atoms with E-state index in [2.05, 4.69) is 18.8 Å². The number of piperidine rings is 1. The molecular formula is C13H21N3OS2. The van der Waals surface area contributed by atoms with Crippen LogP contribution in [0.15, 0.2) is 4.21 Å². The van der Waals surface area contributed by atoms with E-state index < -0.39 is 0 Å². The number of rotatable bonds is 3. The molecule has 4 nitrogen and oxygen atoms in total. The van der Waals surface area contributed by atoms with Crippen molar-refractivity contribution in [3.63, 3.8) is 0 Å². The lowest BCUT2D eigenvalue weighted by atomic mass is 9.92. The molecule has 2 N–H and O–H groups in total. The zero-order chi connectivity index (χ0) is 14.0. The molecule has 19 heavy (non-hydrogen) atoms. The van der Waals surface area contributed by atoms with Crippen LogP contribution < -0.4 is 5.73 Å². The van der Waals surface area contributed by atoms with Gasteiger partial charge in [0.05, 0.1) is 15.7 Å². The third-order valence-electron chi connectivity index (χ3n) is 3.32. The van der Waals surface area contributed by atoms with Crippen molar-refractivity contribution in [1.82, 2.24) is 9.88 Å². The van der Waals surface area contributed by atoms with Gasteiger partial charge >= 0.3 is 0 Å². The Hall–Kier alpha value is -0.750. The van der Waals surface area contributed by atoms with Gasteiger partial charge in [0.15, 0.2) is 5.13 Å². The van der Waals surface area contributed by atoms with Crippen molar-refractivity contribution in [2.45, 2.75) is 31.4 Å². The average molecular weight is 299 g/mol. The number of nitrogen functional groups attached to an aromatic ring is 1. The molecule has 2 atom stereocenters. The fourth-order valence-electron chi connectivity index (χ4n) is 2.62. The Bertz CT molecular complexity index is 451. The maximum atomic E-state index is 12.2. The van der Waals surface area contributed by atoms with Crippen LogP contribution in [-0.2, 0) is 4.79 Å². The summed E-state index contributed by atoms with van der Waals surface area (Å²) in [5.41, 5.74) is 6.59. The van der Waals surface area contributed by atoms with Crippen molar-refractivity contribution in [3.8, 4) is 0 Å². The number of aryl methyl sites for hydroxylation is 1. The summed E-state index contributed by atoms with van der Waals surface area (Å²) in [5, 5.41) is 0.577. The van der Waals surface area contributed by atoms with Gasteiger partial charge in [-0.25, -0.2) is 4.98 Å². The van der Waals surface area contributed by atoms with Crippen molar-refractivity contribution in [2.24, 2.45) is 11.8 Å². The van der Waals surface area contributed by atoms with Crippen molar-refractivity contribution in [3.05, 3.63) is 5.69 Å². The molecule has 1 saturated heterocycles. The van der Waals surface area contributed by atoms with Crippen molar-refractivity contribution < 1.29 is 4.79 Å². The number of hydrogen-bond donors (Lipinski definition) is 1. The van der Waals surface area contributed by atoms with E-state index in [1.54, 1.807) is 11.8 Å². The van der Waals surface area contributed by atoms with E-state index in [-0.39, 0.29) is 5.91 Å². The summed E-state index contributed by atoms with van der Waals surface area (Å²) in [4.78, 5) is 18.4. The van der Waals surface area contributed by atoms with E-state index in [0.29, 0.717) is 22.7 Å². The minimum absolute atomic E-state index is 0.231. The van der Waals surface area contributed by atoms with Gasteiger partial charge in [-0.05, 0) is 25.2 Å². The second kappa shape index (κ2) is 6.13. The SMILES string of the molecule is Cc1nc(N)sc1SCC(=O)N1CC(C)CC(C)C1. The molecule has 0 saturated carbocycles. The van der Waals surface area contributed by atoms with E-state index in [0.717, 1.165) is 23.0 Å². The lowest BCUT2D eigenvalue weighted by Crippen LogP contribution is -2.43. The lowest BCUT2D eigenvalue weighted by molar-refractivity contribution is -0.130. The molecule has 1 fully saturated rings. The van der Waals surface area contributed by atoms with Gasteiger partial charge in [-0.15, -0.1) is 11.8 Å². The first kappa shape index (κ1) is 14.7. The summed E-state index contributed by atoms with van der Waals surface area (Å²) >= 11 is 3.02. The highest BCUT2D eigenvalue weighted by Gasteiger charge is 2.25. The Morgan fingerprint density at radius 3 is 2.63 bits per heavy atom. The van der Waals surface area contributed by atoms with Gasteiger partial charge in [0.2, 0.25) is 5.91 Å². The quantitative estimate of drug-likeness (QED) is 0.872. The number of aromatic nitrogens is 1. The van der Waals surface area contributed by atoms with Gasteiger partial charge in [0, 0.05) is 13.1 Å². The fourth-order valence-corrected chi connectivity index (χ4v) is 4.55. The van der Waals surface area contributed by atoms with Crippen LogP contribution in [0, 0.1) is 18.8 Å². The monoisotopic (exact) mass is 299 g/mol. The molecule has 1 aromatic heterocycles. The van der Waals surface area contributed by atoms with Crippen LogP contribution in [0.2, 0.25) is 0 Å². The molecule has 2 unspecified atom stereocenters. The lowest BCUT2D eigenvalue weighted by Gasteiger charge is -2.35. The molecule has 0 aromatic carbocycles. The highest BCUT2D eigenvalue weighted by Crippen LogP contribution is 2.31. The van der Waals surface area contributed by atoms with E-state index >= 15 is 0 Å². The first-order valence-corrected chi connectivity index (χ1v) is 8.39. The topological polar surface area (TPSA) is 59.2 Å². The summed E-state index contributed by atoms with van der Waals surface area (Å²) in [6, 6.07) is 0.